The van der Waals surface area contributed by atoms with Crippen molar-refractivity contribution in [3.8, 4) is 5.75 Å². The molecule has 214 valence electrons. The zero-order valence-corrected chi connectivity index (χ0v) is 23.8. The van der Waals surface area contributed by atoms with Crippen LogP contribution in [0.15, 0.2) is 54.6 Å². The molecule has 2 heterocycles. The minimum absolute atomic E-state index is 0.0883. The van der Waals surface area contributed by atoms with Crippen LogP contribution in [0.2, 0.25) is 0 Å². The zero-order valence-electron chi connectivity index (χ0n) is 25.9. The number of nitrogens with zero attached hydrogens (tertiary/aromatic N) is 3. The zero-order chi connectivity index (χ0) is 31.4. The average molecular weight is 573 g/mol. The van der Waals surface area contributed by atoms with Crippen molar-refractivity contribution in [3.63, 3.8) is 0 Å². The van der Waals surface area contributed by atoms with E-state index in [1.54, 1.807) is 39.0 Å². The molecule has 0 saturated heterocycles. The van der Waals surface area contributed by atoms with Crippen molar-refractivity contribution in [3.05, 3.63) is 60.4 Å². The number of benzene rings is 2. The Kier molecular flexibility index (Phi) is 8.14. The normalized spacial score (nSPS) is 16.2. The second kappa shape index (κ2) is 12.8. The van der Waals surface area contributed by atoms with Crippen LogP contribution < -0.4 is 15.3 Å². The van der Waals surface area contributed by atoms with Gasteiger partial charge < -0.3 is 24.3 Å². The second-order valence-corrected chi connectivity index (χ2v) is 11.0. The molecule has 2 aromatic carbocycles. The maximum Gasteiger partial charge on any atom is 0.459 e. The Morgan fingerprint density at radius 1 is 1.12 bits per heavy atom. The molecule has 11 nitrogen and oxygen atoms in total. The Bertz CT molecular complexity index is 1620. The molecule has 2 aromatic heterocycles. The lowest BCUT2D eigenvalue weighted by Gasteiger charge is -2.26. The standard InChI is InChI=1S/C28H36N5O6P/c1-6-36-17-24-31-25-26(22-14-10-11-15-23(22)30-27(25)29)33(24)16-19(4)38-40(35,39-21-12-8-7-9-13-21)32-20(5)28(34)37-18(2)3/h7-15,18-20H,6,16-17H2,1-5H3,(H2,29,30)(H,32,35)/t19-,20+,40+/m1/s1/i5D3. The third-order valence-corrected chi connectivity index (χ3v) is 7.39. The molecule has 0 aliphatic rings. The van der Waals surface area contributed by atoms with Crippen LogP contribution in [-0.2, 0) is 36.5 Å². The maximum atomic E-state index is 14.3. The molecule has 0 aliphatic carbocycles. The Morgan fingerprint density at radius 3 is 2.55 bits per heavy atom. The van der Waals surface area contributed by atoms with Crippen molar-refractivity contribution in [2.45, 2.75) is 65.9 Å². The van der Waals surface area contributed by atoms with Gasteiger partial charge in [0, 0.05) is 16.1 Å². The molecule has 0 spiro atoms. The van der Waals surface area contributed by atoms with E-state index in [-0.39, 0.29) is 24.7 Å². The van der Waals surface area contributed by atoms with Crippen LogP contribution in [-0.4, -0.2) is 45.4 Å². The lowest BCUT2D eigenvalue weighted by Crippen LogP contribution is -2.37. The fourth-order valence-electron chi connectivity index (χ4n) is 4.14. The SMILES string of the molecule is [2H]C([2H])([2H])[C@H](N[P@@](=O)(Oc1ccccc1)O[C@H](C)Cn1c(COCC)nc2c(N)nc3ccccc3c21)C(=O)OC(C)C. The smallest absolute Gasteiger partial charge is 0.459 e. The topological polar surface area (TPSA) is 140 Å². The summed E-state index contributed by atoms with van der Waals surface area (Å²) in [6.45, 7) is 4.42. The number of carbonyl (C=O) groups excluding carboxylic acids is 1. The van der Waals surface area contributed by atoms with E-state index >= 15 is 0 Å². The van der Waals surface area contributed by atoms with E-state index in [9.17, 15) is 9.36 Å². The number of nitrogens with one attached hydrogen (secondary N) is 1. The number of hydrogen-bond acceptors (Lipinski definition) is 9. The van der Waals surface area contributed by atoms with Gasteiger partial charge in [-0.25, -0.2) is 14.5 Å². The quantitative estimate of drug-likeness (QED) is 0.162. The molecule has 4 aromatic rings. The van der Waals surface area contributed by atoms with Crippen molar-refractivity contribution >= 4 is 41.5 Å². The van der Waals surface area contributed by atoms with Crippen LogP contribution in [0.5, 0.6) is 5.75 Å². The van der Waals surface area contributed by atoms with E-state index in [1.807, 2.05) is 35.8 Å². The second-order valence-electron chi connectivity index (χ2n) is 9.35. The van der Waals surface area contributed by atoms with Crippen LogP contribution in [0, 0.1) is 0 Å². The number of imidazole rings is 1. The molecule has 0 radical (unpaired) electrons. The summed E-state index contributed by atoms with van der Waals surface area (Å²) >= 11 is 0. The molecule has 3 N–H and O–H groups in total. The number of carbonyl (C=O) groups is 1. The van der Waals surface area contributed by atoms with E-state index in [1.165, 1.54) is 12.1 Å². The molecule has 0 aliphatic heterocycles. The first kappa shape index (κ1) is 25.5. The van der Waals surface area contributed by atoms with Crippen molar-refractivity contribution in [2.24, 2.45) is 0 Å². The van der Waals surface area contributed by atoms with Crippen LogP contribution in [0.4, 0.5) is 5.82 Å². The number of esters is 1. The Labute approximate surface area is 237 Å². The average Bonchev–Trinajstić information content (AvgIpc) is 3.28. The van der Waals surface area contributed by atoms with Crippen LogP contribution in [0.25, 0.3) is 21.9 Å². The van der Waals surface area contributed by atoms with Crippen molar-refractivity contribution < 1.29 is 32.0 Å². The highest BCUT2D eigenvalue weighted by Crippen LogP contribution is 2.46. The lowest BCUT2D eigenvalue weighted by atomic mass is 10.2. The Hall–Kier alpha value is -3.50. The number of para-hydroxylation sites is 2. The first-order valence-corrected chi connectivity index (χ1v) is 14.5. The third kappa shape index (κ3) is 6.98. The van der Waals surface area contributed by atoms with Gasteiger partial charge in [0.1, 0.15) is 29.7 Å². The third-order valence-electron chi connectivity index (χ3n) is 5.73. The summed E-state index contributed by atoms with van der Waals surface area (Å²) in [7, 11) is -4.53. The van der Waals surface area contributed by atoms with E-state index in [2.05, 4.69) is 10.1 Å². The van der Waals surface area contributed by atoms with Gasteiger partial charge in [-0.05, 0) is 52.7 Å². The summed E-state index contributed by atoms with van der Waals surface area (Å²) in [6, 6.07) is 13.6. The lowest BCUT2D eigenvalue weighted by molar-refractivity contribution is -0.149. The Balaban J connectivity index is 1.73. The summed E-state index contributed by atoms with van der Waals surface area (Å²) in [5, 5.41) is 3.14. The number of ether oxygens (including phenoxy) is 2. The predicted molar refractivity (Wildman–Crippen MR) is 154 cm³/mol. The molecule has 3 atom stereocenters. The minimum Gasteiger partial charge on any atom is -0.462 e. The van der Waals surface area contributed by atoms with Crippen molar-refractivity contribution in [1.29, 1.82) is 0 Å². The van der Waals surface area contributed by atoms with Gasteiger partial charge in [0.2, 0.25) is 0 Å². The molecule has 0 amide bonds. The number of rotatable bonds is 13. The molecule has 0 bridgehead atoms. The number of hydrogen-bond donors (Lipinski definition) is 2. The van der Waals surface area contributed by atoms with Gasteiger partial charge in [-0.1, -0.05) is 36.4 Å². The number of nitrogen functional groups attached to an aromatic ring is 1. The van der Waals surface area contributed by atoms with Gasteiger partial charge in [0.25, 0.3) is 0 Å². The monoisotopic (exact) mass is 572 g/mol. The fourth-order valence-corrected chi connectivity index (χ4v) is 5.66. The van der Waals surface area contributed by atoms with Crippen molar-refractivity contribution in [1.82, 2.24) is 19.6 Å². The van der Waals surface area contributed by atoms with E-state index in [0.717, 1.165) is 5.39 Å². The number of anilines is 1. The summed E-state index contributed by atoms with van der Waals surface area (Å²) < 4.78 is 62.4. The number of nitrogens with two attached hydrogens (primary N) is 1. The number of pyridine rings is 1. The van der Waals surface area contributed by atoms with Crippen LogP contribution in [0.3, 0.4) is 0 Å². The molecule has 0 fully saturated rings. The first-order valence-electron chi connectivity index (χ1n) is 14.4. The highest BCUT2D eigenvalue weighted by Gasteiger charge is 2.35. The minimum atomic E-state index is -4.53. The van der Waals surface area contributed by atoms with Gasteiger partial charge in [-0.3, -0.25) is 9.32 Å². The highest BCUT2D eigenvalue weighted by atomic mass is 31.2. The summed E-state index contributed by atoms with van der Waals surface area (Å²) in [4.78, 5) is 22.0. The van der Waals surface area contributed by atoms with Gasteiger partial charge in [0.15, 0.2) is 5.82 Å². The molecule has 40 heavy (non-hydrogen) atoms. The fraction of sp³-hybridized carbons (Fsp3) is 0.393. The molecular weight excluding hydrogens is 533 g/mol. The van der Waals surface area contributed by atoms with Gasteiger partial charge in [0.05, 0.1) is 29.8 Å². The first-order chi connectivity index (χ1) is 20.3. The summed E-state index contributed by atoms with van der Waals surface area (Å²) in [6.07, 6.45) is -1.48. The van der Waals surface area contributed by atoms with Crippen LogP contribution in [0.1, 0.15) is 44.5 Å². The number of fused-ring (bicyclic) bond motifs is 3. The van der Waals surface area contributed by atoms with E-state index in [0.29, 0.717) is 29.0 Å². The number of aromatic nitrogens is 3. The molecule has 4 rings (SSSR count). The molecule has 0 unspecified atom stereocenters. The molecular formula is C28H36N5O6P. The predicted octanol–water partition coefficient (Wildman–Crippen LogP) is 5.23. The molecule has 12 heteroatoms. The largest absolute Gasteiger partial charge is 0.462 e. The summed E-state index contributed by atoms with van der Waals surface area (Å²) in [5.41, 5.74) is 8.10. The van der Waals surface area contributed by atoms with Crippen LogP contribution >= 0.6 is 7.75 Å². The van der Waals surface area contributed by atoms with Crippen molar-refractivity contribution in [2.75, 3.05) is 12.3 Å². The van der Waals surface area contributed by atoms with Gasteiger partial charge in [-0.15, -0.1) is 0 Å². The van der Waals surface area contributed by atoms with Gasteiger partial charge >= 0.3 is 13.7 Å². The van der Waals surface area contributed by atoms with E-state index in [4.69, 9.17) is 33.4 Å². The maximum absolute atomic E-state index is 14.3. The summed E-state index contributed by atoms with van der Waals surface area (Å²) in [5.74, 6) is -0.202. The van der Waals surface area contributed by atoms with Gasteiger partial charge in [-0.2, -0.15) is 5.09 Å². The Morgan fingerprint density at radius 2 is 1.85 bits per heavy atom. The van der Waals surface area contributed by atoms with E-state index < -0.39 is 38.8 Å². The molecule has 0 saturated carbocycles. The highest BCUT2D eigenvalue weighted by molar-refractivity contribution is 7.52.